The van der Waals surface area contributed by atoms with Crippen molar-refractivity contribution in [2.24, 2.45) is 5.92 Å². The molecule has 0 amide bonds. The van der Waals surface area contributed by atoms with Gasteiger partial charge < -0.3 is 5.32 Å². The number of aromatic nitrogens is 1. The first-order chi connectivity index (χ1) is 9.31. The van der Waals surface area contributed by atoms with Gasteiger partial charge in [-0.1, -0.05) is 19.3 Å². The molecule has 1 atom stereocenters. The minimum absolute atomic E-state index is 0.718. The van der Waals surface area contributed by atoms with Gasteiger partial charge in [-0.05, 0) is 25.7 Å². The zero-order valence-corrected chi connectivity index (χ0v) is 12.7. The molecule has 2 aliphatic rings. The van der Waals surface area contributed by atoms with Gasteiger partial charge in [-0.3, -0.25) is 4.90 Å². The summed E-state index contributed by atoms with van der Waals surface area (Å²) in [5, 5.41) is 7.19. The van der Waals surface area contributed by atoms with Crippen molar-refractivity contribution in [3.8, 4) is 0 Å². The van der Waals surface area contributed by atoms with E-state index in [1.807, 2.05) is 0 Å². The molecule has 1 aromatic heterocycles. The van der Waals surface area contributed by atoms with Crippen molar-refractivity contribution in [1.29, 1.82) is 0 Å². The van der Waals surface area contributed by atoms with Crippen LogP contribution in [0.5, 0.6) is 0 Å². The summed E-state index contributed by atoms with van der Waals surface area (Å²) in [5.41, 5.74) is 1.17. The van der Waals surface area contributed by atoms with Crippen molar-refractivity contribution in [3.63, 3.8) is 0 Å². The fraction of sp³-hybridized carbons (Fsp3) is 0.800. The lowest BCUT2D eigenvalue weighted by molar-refractivity contribution is 0.141. The highest BCUT2D eigenvalue weighted by Crippen LogP contribution is 2.28. The van der Waals surface area contributed by atoms with Gasteiger partial charge in [0.15, 0.2) is 0 Å². The Morgan fingerprint density at radius 1 is 1.37 bits per heavy atom. The highest BCUT2D eigenvalue weighted by molar-refractivity contribution is 7.09. The zero-order chi connectivity index (χ0) is 13.1. The van der Waals surface area contributed by atoms with Crippen LogP contribution in [0.3, 0.4) is 0 Å². The Bertz CT molecular complexity index is 398. The van der Waals surface area contributed by atoms with Crippen LogP contribution in [0, 0.1) is 12.8 Å². The topological polar surface area (TPSA) is 28.2 Å². The second-order valence-corrected chi connectivity index (χ2v) is 7.02. The number of piperazine rings is 1. The van der Waals surface area contributed by atoms with Gasteiger partial charge in [-0.15, -0.1) is 11.3 Å². The molecule has 0 spiro atoms. The van der Waals surface area contributed by atoms with Gasteiger partial charge >= 0.3 is 0 Å². The number of rotatable bonds is 3. The molecule has 4 heteroatoms. The van der Waals surface area contributed by atoms with Gasteiger partial charge in [0.2, 0.25) is 0 Å². The number of hydrogen-bond acceptors (Lipinski definition) is 4. The van der Waals surface area contributed by atoms with Crippen LogP contribution >= 0.6 is 11.3 Å². The van der Waals surface area contributed by atoms with Gasteiger partial charge in [0.05, 0.1) is 6.54 Å². The molecule has 1 aromatic rings. The molecule has 1 saturated heterocycles. The predicted molar refractivity (Wildman–Crippen MR) is 80.5 cm³/mol. The number of hydrogen-bond donors (Lipinski definition) is 1. The molecular formula is C15H25N3S. The molecule has 3 rings (SSSR count). The summed E-state index contributed by atoms with van der Waals surface area (Å²) in [6.07, 6.45) is 7.19. The smallest absolute Gasteiger partial charge is 0.107 e. The van der Waals surface area contributed by atoms with Crippen LogP contribution in [0.2, 0.25) is 0 Å². The van der Waals surface area contributed by atoms with E-state index in [1.54, 1.807) is 11.3 Å². The highest BCUT2D eigenvalue weighted by Gasteiger charge is 2.28. The number of thiazole rings is 1. The molecular weight excluding hydrogens is 254 g/mol. The Kier molecular flexibility index (Phi) is 4.51. The molecule has 1 N–H and O–H groups in total. The molecule has 0 radical (unpaired) electrons. The average Bonchev–Trinajstić information content (AvgIpc) is 2.85. The predicted octanol–water partition coefficient (Wildman–Crippen LogP) is 2.81. The second kappa shape index (κ2) is 6.33. The summed E-state index contributed by atoms with van der Waals surface area (Å²) >= 11 is 1.81. The van der Waals surface area contributed by atoms with E-state index in [4.69, 9.17) is 0 Å². The molecule has 19 heavy (non-hydrogen) atoms. The van der Waals surface area contributed by atoms with Crippen LogP contribution in [-0.4, -0.2) is 35.6 Å². The highest BCUT2D eigenvalue weighted by atomic mass is 32.1. The molecule has 1 saturated carbocycles. The Morgan fingerprint density at radius 2 is 2.21 bits per heavy atom. The fourth-order valence-electron chi connectivity index (χ4n) is 3.50. The van der Waals surface area contributed by atoms with Crippen LogP contribution in [0.15, 0.2) is 5.38 Å². The maximum absolute atomic E-state index is 4.60. The van der Waals surface area contributed by atoms with Crippen molar-refractivity contribution in [3.05, 3.63) is 16.1 Å². The molecule has 106 valence electrons. The Balaban J connectivity index is 1.55. The van der Waals surface area contributed by atoms with E-state index in [-0.39, 0.29) is 0 Å². The molecule has 3 nitrogen and oxygen atoms in total. The van der Waals surface area contributed by atoms with Gasteiger partial charge in [0, 0.05) is 36.8 Å². The number of nitrogens with zero attached hydrogens (tertiary/aromatic N) is 2. The molecule has 2 fully saturated rings. The average molecular weight is 279 g/mol. The monoisotopic (exact) mass is 279 g/mol. The SMILES string of the molecule is Cc1csc(CN2CCNC(C3CCCCC3)C2)n1. The van der Waals surface area contributed by atoms with Gasteiger partial charge in [0.1, 0.15) is 5.01 Å². The van der Waals surface area contributed by atoms with Crippen molar-refractivity contribution in [2.75, 3.05) is 19.6 Å². The van der Waals surface area contributed by atoms with Gasteiger partial charge in [0.25, 0.3) is 0 Å². The van der Waals surface area contributed by atoms with Crippen molar-refractivity contribution in [1.82, 2.24) is 15.2 Å². The number of nitrogens with one attached hydrogen (secondary N) is 1. The standard InChI is InChI=1S/C15H25N3S/c1-12-11-19-15(17-12)10-18-8-7-16-14(9-18)13-5-3-2-4-6-13/h11,13-14,16H,2-10H2,1H3. The minimum Gasteiger partial charge on any atom is -0.311 e. The first-order valence-corrected chi connectivity index (χ1v) is 8.56. The molecule has 0 bridgehead atoms. The summed E-state index contributed by atoms with van der Waals surface area (Å²) in [6, 6.07) is 0.718. The lowest BCUT2D eigenvalue weighted by Crippen LogP contribution is -2.53. The first kappa shape index (κ1) is 13.5. The lowest BCUT2D eigenvalue weighted by atomic mass is 9.83. The molecule has 1 unspecified atom stereocenters. The summed E-state index contributed by atoms with van der Waals surface area (Å²) in [5.74, 6) is 0.912. The van der Waals surface area contributed by atoms with Crippen LogP contribution in [0.1, 0.15) is 42.8 Å². The summed E-state index contributed by atoms with van der Waals surface area (Å²) in [4.78, 5) is 7.19. The molecule has 1 aliphatic carbocycles. The maximum Gasteiger partial charge on any atom is 0.107 e. The van der Waals surface area contributed by atoms with E-state index >= 15 is 0 Å². The Hall–Kier alpha value is -0.450. The number of aryl methyl sites for hydroxylation is 1. The van der Waals surface area contributed by atoms with Gasteiger partial charge in [-0.2, -0.15) is 0 Å². The molecule has 2 heterocycles. The van der Waals surface area contributed by atoms with Crippen molar-refractivity contribution >= 4 is 11.3 Å². The van der Waals surface area contributed by atoms with Crippen LogP contribution in [0.4, 0.5) is 0 Å². The third kappa shape index (κ3) is 3.56. The van der Waals surface area contributed by atoms with E-state index < -0.39 is 0 Å². The molecule has 0 aromatic carbocycles. The van der Waals surface area contributed by atoms with Gasteiger partial charge in [-0.25, -0.2) is 4.98 Å². The normalized spacial score (nSPS) is 26.7. The van der Waals surface area contributed by atoms with Crippen molar-refractivity contribution in [2.45, 2.75) is 51.6 Å². The van der Waals surface area contributed by atoms with E-state index in [2.05, 4.69) is 27.5 Å². The summed E-state index contributed by atoms with van der Waals surface area (Å²) in [7, 11) is 0. The lowest BCUT2D eigenvalue weighted by Gasteiger charge is -2.39. The third-order valence-electron chi connectivity index (χ3n) is 4.53. The third-order valence-corrected chi connectivity index (χ3v) is 5.49. The molecule has 1 aliphatic heterocycles. The van der Waals surface area contributed by atoms with Crippen molar-refractivity contribution < 1.29 is 0 Å². The van der Waals surface area contributed by atoms with E-state index in [9.17, 15) is 0 Å². The second-order valence-electron chi connectivity index (χ2n) is 6.08. The van der Waals surface area contributed by atoms with Crippen LogP contribution in [-0.2, 0) is 6.54 Å². The quantitative estimate of drug-likeness (QED) is 0.922. The zero-order valence-electron chi connectivity index (χ0n) is 11.9. The van der Waals surface area contributed by atoms with Crippen LogP contribution in [0.25, 0.3) is 0 Å². The van der Waals surface area contributed by atoms with E-state index in [0.29, 0.717) is 0 Å². The van der Waals surface area contributed by atoms with E-state index in [0.717, 1.165) is 25.0 Å². The van der Waals surface area contributed by atoms with E-state index in [1.165, 1.54) is 55.9 Å². The largest absolute Gasteiger partial charge is 0.311 e. The first-order valence-electron chi connectivity index (χ1n) is 7.68. The summed E-state index contributed by atoms with van der Waals surface area (Å²) < 4.78 is 0. The maximum atomic E-state index is 4.60. The van der Waals surface area contributed by atoms with Crippen LogP contribution < -0.4 is 5.32 Å². The minimum atomic E-state index is 0.718. The fourth-order valence-corrected chi connectivity index (χ4v) is 4.32. The summed E-state index contributed by atoms with van der Waals surface area (Å²) in [6.45, 7) is 6.66. The Morgan fingerprint density at radius 3 is 2.95 bits per heavy atom. The Labute approximate surface area is 120 Å².